The normalized spacial score (nSPS) is 14.4. The Morgan fingerprint density at radius 3 is 2.76 bits per heavy atom. The molecule has 0 aromatic heterocycles. The molecule has 6 heteroatoms. The fraction of sp³-hybridized carbons (Fsp3) is 0.364. The zero-order valence-corrected chi connectivity index (χ0v) is 9.28. The number of nitrogens with one attached hydrogen (secondary N) is 1. The molecule has 0 heterocycles. The predicted octanol–water partition coefficient (Wildman–Crippen LogP) is 0.462. The molecule has 2 unspecified atom stereocenters. The molecular weight excluding hydrogens is 230 g/mol. The standard InChI is InChI=1S/C11H14F2N2O2/c1-6(11(14)17)15-5-10(16)8-4-7(12)2-3-9(8)13/h2-4,6,10,15-16H,5H2,1H3,(H2,14,17). The molecule has 0 radical (unpaired) electrons. The van der Waals surface area contributed by atoms with Crippen LogP contribution in [0.25, 0.3) is 0 Å². The molecule has 1 amide bonds. The highest BCUT2D eigenvalue weighted by Gasteiger charge is 2.16. The molecule has 1 rings (SSSR count). The van der Waals surface area contributed by atoms with Gasteiger partial charge in [0.05, 0.1) is 12.1 Å². The lowest BCUT2D eigenvalue weighted by Gasteiger charge is -2.15. The Hall–Kier alpha value is -1.53. The minimum atomic E-state index is -1.24. The number of hydrogen-bond donors (Lipinski definition) is 3. The smallest absolute Gasteiger partial charge is 0.234 e. The van der Waals surface area contributed by atoms with Gasteiger partial charge in [0.1, 0.15) is 11.6 Å². The van der Waals surface area contributed by atoms with E-state index in [0.717, 1.165) is 18.2 Å². The van der Waals surface area contributed by atoms with E-state index in [1.165, 1.54) is 6.92 Å². The molecule has 0 bridgehead atoms. The van der Waals surface area contributed by atoms with Crippen LogP contribution in [0, 0.1) is 11.6 Å². The Morgan fingerprint density at radius 2 is 2.18 bits per heavy atom. The van der Waals surface area contributed by atoms with E-state index >= 15 is 0 Å². The number of primary amides is 1. The Kier molecular flexibility index (Phi) is 4.53. The zero-order chi connectivity index (χ0) is 13.0. The van der Waals surface area contributed by atoms with Crippen LogP contribution < -0.4 is 11.1 Å². The number of rotatable bonds is 5. The van der Waals surface area contributed by atoms with Gasteiger partial charge in [0.15, 0.2) is 0 Å². The third-order valence-electron chi connectivity index (χ3n) is 2.36. The highest BCUT2D eigenvalue weighted by molar-refractivity contribution is 5.79. The highest BCUT2D eigenvalue weighted by Crippen LogP contribution is 2.17. The van der Waals surface area contributed by atoms with Gasteiger partial charge in [-0.2, -0.15) is 0 Å². The van der Waals surface area contributed by atoms with Crippen LogP contribution in [-0.4, -0.2) is 23.6 Å². The lowest BCUT2D eigenvalue weighted by Crippen LogP contribution is -2.40. The van der Waals surface area contributed by atoms with Crippen molar-refractivity contribution in [1.82, 2.24) is 5.32 Å². The van der Waals surface area contributed by atoms with Crippen molar-refractivity contribution in [2.45, 2.75) is 19.1 Å². The van der Waals surface area contributed by atoms with Crippen LogP contribution in [0.2, 0.25) is 0 Å². The second-order valence-electron chi connectivity index (χ2n) is 3.71. The van der Waals surface area contributed by atoms with Gasteiger partial charge < -0.3 is 16.2 Å². The van der Waals surface area contributed by atoms with Crippen LogP contribution in [0.1, 0.15) is 18.6 Å². The van der Waals surface area contributed by atoms with E-state index in [4.69, 9.17) is 5.73 Å². The van der Waals surface area contributed by atoms with Crippen LogP contribution in [-0.2, 0) is 4.79 Å². The molecule has 0 aliphatic carbocycles. The second kappa shape index (κ2) is 5.70. The minimum absolute atomic E-state index is 0.0928. The van der Waals surface area contributed by atoms with E-state index in [1.807, 2.05) is 0 Å². The van der Waals surface area contributed by atoms with Crippen molar-refractivity contribution in [1.29, 1.82) is 0 Å². The molecule has 0 aliphatic rings. The Labute approximate surface area is 97.4 Å². The fourth-order valence-electron chi connectivity index (χ4n) is 1.27. The van der Waals surface area contributed by atoms with Crippen molar-refractivity contribution in [2.24, 2.45) is 5.73 Å². The molecule has 94 valence electrons. The monoisotopic (exact) mass is 244 g/mol. The molecule has 0 aliphatic heterocycles. The first-order valence-corrected chi connectivity index (χ1v) is 5.07. The number of carbonyl (C=O) groups is 1. The van der Waals surface area contributed by atoms with Gasteiger partial charge in [-0.3, -0.25) is 4.79 Å². The van der Waals surface area contributed by atoms with Gasteiger partial charge in [0.2, 0.25) is 5.91 Å². The molecule has 4 nitrogen and oxygen atoms in total. The first-order chi connectivity index (χ1) is 7.91. The summed E-state index contributed by atoms with van der Waals surface area (Å²) in [5, 5.41) is 12.2. The van der Waals surface area contributed by atoms with Crippen molar-refractivity contribution in [2.75, 3.05) is 6.54 Å². The second-order valence-corrected chi connectivity index (χ2v) is 3.71. The summed E-state index contributed by atoms with van der Waals surface area (Å²) in [6.07, 6.45) is -1.24. The zero-order valence-electron chi connectivity index (χ0n) is 9.28. The summed E-state index contributed by atoms with van der Waals surface area (Å²) in [6.45, 7) is 1.42. The molecule has 0 saturated carbocycles. The Morgan fingerprint density at radius 1 is 1.53 bits per heavy atom. The number of nitrogens with two attached hydrogens (primary N) is 1. The van der Waals surface area contributed by atoms with E-state index in [-0.39, 0.29) is 12.1 Å². The van der Waals surface area contributed by atoms with Gasteiger partial charge in [-0.15, -0.1) is 0 Å². The maximum Gasteiger partial charge on any atom is 0.234 e. The number of halogens is 2. The lowest BCUT2D eigenvalue weighted by atomic mass is 10.1. The molecule has 1 aromatic rings. The van der Waals surface area contributed by atoms with Gasteiger partial charge in [0.25, 0.3) is 0 Å². The molecule has 1 aromatic carbocycles. The van der Waals surface area contributed by atoms with Gasteiger partial charge in [-0.25, -0.2) is 8.78 Å². The van der Waals surface area contributed by atoms with Crippen molar-refractivity contribution in [3.63, 3.8) is 0 Å². The van der Waals surface area contributed by atoms with Crippen molar-refractivity contribution in [3.05, 3.63) is 35.4 Å². The van der Waals surface area contributed by atoms with E-state index in [9.17, 15) is 18.7 Å². The van der Waals surface area contributed by atoms with Crippen LogP contribution in [0.15, 0.2) is 18.2 Å². The highest BCUT2D eigenvalue weighted by atomic mass is 19.1. The number of aliphatic hydroxyl groups is 1. The first kappa shape index (κ1) is 13.5. The lowest BCUT2D eigenvalue weighted by molar-refractivity contribution is -0.119. The summed E-state index contributed by atoms with van der Waals surface area (Å²) in [5.41, 5.74) is 4.84. The summed E-state index contributed by atoms with van der Waals surface area (Å²) in [6, 6.07) is 2.16. The van der Waals surface area contributed by atoms with Crippen molar-refractivity contribution < 1.29 is 18.7 Å². The summed E-state index contributed by atoms with van der Waals surface area (Å²) in [5.74, 6) is -1.92. The fourth-order valence-corrected chi connectivity index (χ4v) is 1.27. The number of benzene rings is 1. The quantitative estimate of drug-likeness (QED) is 0.704. The van der Waals surface area contributed by atoms with Gasteiger partial charge >= 0.3 is 0 Å². The van der Waals surface area contributed by atoms with E-state index in [1.54, 1.807) is 0 Å². The average molecular weight is 244 g/mol. The first-order valence-electron chi connectivity index (χ1n) is 5.07. The molecule has 0 spiro atoms. The van der Waals surface area contributed by atoms with E-state index < -0.39 is 29.7 Å². The van der Waals surface area contributed by atoms with E-state index in [0.29, 0.717) is 0 Å². The molecule has 2 atom stereocenters. The molecule has 0 fully saturated rings. The number of carbonyl (C=O) groups excluding carboxylic acids is 1. The Bertz CT molecular complexity index is 412. The van der Waals surface area contributed by atoms with Crippen molar-refractivity contribution >= 4 is 5.91 Å². The summed E-state index contributed by atoms with van der Waals surface area (Å²) in [4.78, 5) is 10.7. The third kappa shape index (κ3) is 3.76. The van der Waals surface area contributed by atoms with Gasteiger partial charge in [-0.05, 0) is 25.1 Å². The average Bonchev–Trinajstić information content (AvgIpc) is 2.28. The van der Waals surface area contributed by atoms with Gasteiger partial charge in [0, 0.05) is 12.1 Å². The SMILES string of the molecule is CC(NCC(O)c1cc(F)ccc1F)C(N)=O. The number of amides is 1. The van der Waals surface area contributed by atoms with Crippen LogP contribution in [0.5, 0.6) is 0 Å². The van der Waals surface area contributed by atoms with Crippen molar-refractivity contribution in [3.8, 4) is 0 Å². The van der Waals surface area contributed by atoms with Gasteiger partial charge in [-0.1, -0.05) is 0 Å². The van der Waals surface area contributed by atoms with Crippen LogP contribution >= 0.6 is 0 Å². The topological polar surface area (TPSA) is 75.3 Å². The Balaban J connectivity index is 2.66. The minimum Gasteiger partial charge on any atom is -0.387 e. The molecule has 17 heavy (non-hydrogen) atoms. The third-order valence-corrected chi connectivity index (χ3v) is 2.36. The molecule has 4 N–H and O–H groups in total. The maximum absolute atomic E-state index is 13.3. The largest absolute Gasteiger partial charge is 0.387 e. The predicted molar refractivity (Wildman–Crippen MR) is 58.0 cm³/mol. The maximum atomic E-state index is 13.3. The summed E-state index contributed by atoms with van der Waals surface area (Å²) >= 11 is 0. The summed E-state index contributed by atoms with van der Waals surface area (Å²) < 4.78 is 26.1. The number of aliphatic hydroxyl groups excluding tert-OH is 1. The molecule has 0 saturated heterocycles. The summed E-state index contributed by atoms with van der Waals surface area (Å²) in [7, 11) is 0. The van der Waals surface area contributed by atoms with Crippen LogP contribution in [0.3, 0.4) is 0 Å². The van der Waals surface area contributed by atoms with E-state index in [2.05, 4.69) is 5.32 Å². The molecular formula is C11H14F2N2O2. The number of hydrogen-bond acceptors (Lipinski definition) is 3. The van der Waals surface area contributed by atoms with Crippen LogP contribution in [0.4, 0.5) is 8.78 Å².